The van der Waals surface area contributed by atoms with Crippen LogP contribution in [0.1, 0.15) is 5.01 Å². The molecule has 0 aliphatic heterocycles. The van der Waals surface area contributed by atoms with Crippen LogP contribution in [0.15, 0.2) is 48.7 Å². The fraction of sp³-hybridized carbons (Fsp3) is 0.125. The molecule has 0 amide bonds. The van der Waals surface area contributed by atoms with E-state index >= 15 is 0 Å². The SMILES string of the molecule is COc1ccccc1-c1sc(CN)nc1-c1ccccn1. The molecule has 0 aliphatic rings. The lowest BCUT2D eigenvalue weighted by atomic mass is 10.1. The van der Waals surface area contributed by atoms with Crippen molar-refractivity contribution in [2.24, 2.45) is 5.73 Å². The lowest BCUT2D eigenvalue weighted by molar-refractivity contribution is 0.416. The third kappa shape index (κ3) is 2.66. The van der Waals surface area contributed by atoms with E-state index in [0.29, 0.717) is 6.54 Å². The Morgan fingerprint density at radius 3 is 2.67 bits per heavy atom. The number of pyridine rings is 1. The van der Waals surface area contributed by atoms with Crippen LogP contribution in [0.5, 0.6) is 5.75 Å². The zero-order valence-corrected chi connectivity index (χ0v) is 12.4. The van der Waals surface area contributed by atoms with Crippen molar-refractivity contribution in [2.45, 2.75) is 6.54 Å². The second-order valence-corrected chi connectivity index (χ2v) is 5.49. The number of benzene rings is 1. The Kier molecular flexibility index (Phi) is 3.94. The molecule has 0 atom stereocenters. The van der Waals surface area contributed by atoms with Crippen LogP contribution in [-0.4, -0.2) is 17.1 Å². The van der Waals surface area contributed by atoms with Crippen molar-refractivity contribution < 1.29 is 4.74 Å². The van der Waals surface area contributed by atoms with E-state index in [1.54, 1.807) is 24.6 Å². The van der Waals surface area contributed by atoms with Gasteiger partial charge < -0.3 is 10.5 Å². The van der Waals surface area contributed by atoms with Gasteiger partial charge in [-0.2, -0.15) is 0 Å². The minimum Gasteiger partial charge on any atom is -0.496 e. The van der Waals surface area contributed by atoms with E-state index in [0.717, 1.165) is 32.6 Å². The van der Waals surface area contributed by atoms with Crippen LogP contribution in [0.25, 0.3) is 21.8 Å². The molecular formula is C16H15N3OS. The Morgan fingerprint density at radius 2 is 1.95 bits per heavy atom. The lowest BCUT2D eigenvalue weighted by Gasteiger charge is -2.07. The van der Waals surface area contributed by atoms with Crippen molar-refractivity contribution in [1.29, 1.82) is 0 Å². The van der Waals surface area contributed by atoms with Crippen LogP contribution < -0.4 is 10.5 Å². The summed E-state index contributed by atoms with van der Waals surface area (Å²) in [7, 11) is 1.67. The third-order valence-corrected chi connectivity index (χ3v) is 4.22. The van der Waals surface area contributed by atoms with E-state index in [2.05, 4.69) is 9.97 Å². The van der Waals surface area contributed by atoms with Crippen molar-refractivity contribution in [3.8, 4) is 27.6 Å². The topological polar surface area (TPSA) is 61.0 Å². The number of hydrogen-bond donors (Lipinski definition) is 1. The molecule has 2 N–H and O–H groups in total. The van der Waals surface area contributed by atoms with Crippen LogP contribution in [-0.2, 0) is 6.54 Å². The average molecular weight is 297 g/mol. The van der Waals surface area contributed by atoms with Gasteiger partial charge >= 0.3 is 0 Å². The minimum atomic E-state index is 0.416. The third-order valence-electron chi connectivity index (χ3n) is 3.11. The van der Waals surface area contributed by atoms with Gasteiger partial charge in [0.1, 0.15) is 16.5 Å². The molecule has 1 aromatic carbocycles. The highest BCUT2D eigenvalue weighted by atomic mass is 32.1. The number of hydrogen-bond acceptors (Lipinski definition) is 5. The molecule has 21 heavy (non-hydrogen) atoms. The molecule has 0 saturated carbocycles. The summed E-state index contributed by atoms with van der Waals surface area (Å²) < 4.78 is 5.46. The summed E-state index contributed by atoms with van der Waals surface area (Å²) in [6.07, 6.45) is 1.77. The number of para-hydroxylation sites is 1. The Morgan fingerprint density at radius 1 is 1.14 bits per heavy atom. The minimum absolute atomic E-state index is 0.416. The molecule has 0 radical (unpaired) electrons. The second-order valence-electron chi connectivity index (χ2n) is 4.40. The molecule has 3 rings (SSSR count). The summed E-state index contributed by atoms with van der Waals surface area (Å²) in [6.45, 7) is 0.416. The summed E-state index contributed by atoms with van der Waals surface area (Å²) in [5.74, 6) is 0.821. The van der Waals surface area contributed by atoms with E-state index in [-0.39, 0.29) is 0 Å². The highest BCUT2D eigenvalue weighted by Crippen LogP contribution is 2.40. The maximum absolute atomic E-state index is 5.76. The number of rotatable bonds is 4. The molecule has 0 fully saturated rings. The molecule has 0 spiro atoms. The van der Waals surface area contributed by atoms with Crippen LogP contribution >= 0.6 is 11.3 Å². The lowest BCUT2D eigenvalue weighted by Crippen LogP contribution is -1.94. The Bertz CT molecular complexity index is 740. The zero-order chi connectivity index (χ0) is 14.7. The maximum atomic E-state index is 5.76. The van der Waals surface area contributed by atoms with E-state index in [1.807, 2.05) is 42.5 Å². The number of methoxy groups -OCH3 is 1. The van der Waals surface area contributed by atoms with E-state index < -0.39 is 0 Å². The molecule has 5 heteroatoms. The van der Waals surface area contributed by atoms with Crippen LogP contribution in [0.2, 0.25) is 0 Å². The van der Waals surface area contributed by atoms with Gasteiger partial charge in [0.25, 0.3) is 0 Å². The second kappa shape index (κ2) is 6.03. The van der Waals surface area contributed by atoms with E-state index in [4.69, 9.17) is 10.5 Å². The Labute approximate surface area is 127 Å². The zero-order valence-electron chi connectivity index (χ0n) is 11.6. The summed E-state index contributed by atoms with van der Waals surface area (Å²) in [5.41, 5.74) is 8.46. The number of aromatic nitrogens is 2. The Balaban J connectivity index is 2.20. The first kappa shape index (κ1) is 13.7. The van der Waals surface area contributed by atoms with Gasteiger partial charge in [-0.15, -0.1) is 11.3 Å². The van der Waals surface area contributed by atoms with E-state index in [9.17, 15) is 0 Å². The largest absolute Gasteiger partial charge is 0.496 e. The van der Waals surface area contributed by atoms with E-state index in [1.165, 1.54) is 0 Å². The fourth-order valence-corrected chi connectivity index (χ4v) is 3.12. The van der Waals surface area contributed by atoms with Crippen LogP contribution in [0.4, 0.5) is 0 Å². The summed E-state index contributed by atoms with van der Waals surface area (Å²) in [5, 5.41) is 0.886. The highest BCUT2D eigenvalue weighted by molar-refractivity contribution is 7.15. The van der Waals surface area contributed by atoms with Crippen molar-refractivity contribution in [3.05, 3.63) is 53.7 Å². The van der Waals surface area contributed by atoms with Gasteiger partial charge in [-0.3, -0.25) is 4.98 Å². The predicted molar refractivity (Wildman–Crippen MR) is 85.2 cm³/mol. The first-order chi connectivity index (χ1) is 10.3. The number of ether oxygens (including phenoxy) is 1. The van der Waals surface area contributed by atoms with Crippen molar-refractivity contribution in [1.82, 2.24) is 9.97 Å². The summed E-state index contributed by atoms with van der Waals surface area (Å²) in [6, 6.07) is 13.7. The van der Waals surface area contributed by atoms with Gasteiger partial charge in [0, 0.05) is 18.3 Å². The molecular weight excluding hydrogens is 282 g/mol. The molecule has 2 aromatic heterocycles. The standard InChI is InChI=1S/C16H15N3OS/c1-20-13-8-3-2-6-11(13)16-15(19-14(10-17)21-16)12-7-4-5-9-18-12/h2-9H,10,17H2,1H3. The highest BCUT2D eigenvalue weighted by Gasteiger charge is 2.17. The van der Waals surface area contributed by atoms with Gasteiger partial charge in [0.05, 0.1) is 17.7 Å². The van der Waals surface area contributed by atoms with Crippen molar-refractivity contribution >= 4 is 11.3 Å². The van der Waals surface area contributed by atoms with Gasteiger partial charge in [-0.25, -0.2) is 4.98 Å². The van der Waals surface area contributed by atoms with Crippen LogP contribution in [0.3, 0.4) is 0 Å². The van der Waals surface area contributed by atoms with Crippen LogP contribution in [0, 0.1) is 0 Å². The molecule has 0 aliphatic carbocycles. The molecule has 4 nitrogen and oxygen atoms in total. The molecule has 0 saturated heterocycles. The van der Waals surface area contributed by atoms with Gasteiger partial charge in [0.15, 0.2) is 0 Å². The number of nitrogens with zero attached hydrogens (tertiary/aromatic N) is 2. The fourth-order valence-electron chi connectivity index (χ4n) is 2.14. The maximum Gasteiger partial charge on any atom is 0.127 e. The molecule has 2 heterocycles. The van der Waals surface area contributed by atoms with Gasteiger partial charge in [0.2, 0.25) is 0 Å². The summed E-state index contributed by atoms with van der Waals surface area (Å²) >= 11 is 1.58. The first-order valence-electron chi connectivity index (χ1n) is 6.58. The monoisotopic (exact) mass is 297 g/mol. The smallest absolute Gasteiger partial charge is 0.127 e. The Hall–Kier alpha value is -2.24. The number of thiazole rings is 1. The van der Waals surface area contributed by atoms with Crippen molar-refractivity contribution in [2.75, 3.05) is 7.11 Å². The predicted octanol–water partition coefficient (Wildman–Crippen LogP) is 3.34. The molecule has 106 valence electrons. The summed E-state index contributed by atoms with van der Waals surface area (Å²) in [4.78, 5) is 10.1. The molecule has 0 bridgehead atoms. The normalized spacial score (nSPS) is 10.6. The van der Waals surface area contributed by atoms with Crippen molar-refractivity contribution in [3.63, 3.8) is 0 Å². The average Bonchev–Trinajstić information content (AvgIpc) is 3.00. The first-order valence-corrected chi connectivity index (χ1v) is 7.39. The molecule has 0 unspecified atom stereocenters. The quantitative estimate of drug-likeness (QED) is 0.802. The number of nitrogens with two attached hydrogens (primary N) is 1. The van der Waals surface area contributed by atoms with Gasteiger partial charge in [-0.1, -0.05) is 18.2 Å². The van der Waals surface area contributed by atoms with Gasteiger partial charge in [-0.05, 0) is 24.3 Å². The molecule has 3 aromatic rings.